The SMILES string of the molecule is C[C@@H](OCC12CCC(CC1)CC2)[C@H](NC(=O)[C@@H]1CN(C(=O)c2cncs2)CC12CN(C(=O)[C@H]1CC1(C)C)C2)C(C)(C)O. The molecule has 6 aliphatic rings. The first kappa shape index (κ1) is 30.0. The highest BCUT2D eigenvalue weighted by atomic mass is 32.1. The summed E-state index contributed by atoms with van der Waals surface area (Å²) in [4.78, 5) is 48.8. The average molecular weight is 601 g/mol. The van der Waals surface area contributed by atoms with Crippen molar-refractivity contribution in [3.63, 3.8) is 0 Å². The Hall–Kier alpha value is -2.04. The third-order valence-corrected chi connectivity index (χ3v) is 12.2. The number of nitrogens with zero attached hydrogens (tertiary/aromatic N) is 3. The number of aliphatic hydroxyl groups is 1. The molecular weight excluding hydrogens is 552 g/mol. The Kier molecular flexibility index (Phi) is 7.53. The lowest BCUT2D eigenvalue weighted by Crippen LogP contribution is -2.66. The van der Waals surface area contributed by atoms with Gasteiger partial charge in [0.05, 0.1) is 42.0 Å². The zero-order valence-electron chi connectivity index (χ0n) is 25.9. The number of carbonyl (C=O) groups excluding carboxylic acids is 3. The Morgan fingerprint density at radius 1 is 1.12 bits per heavy atom. The number of thiazole rings is 1. The molecule has 2 N–H and O–H groups in total. The molecule has 3 amide bonds. The fourth-order valence-electron chi connectivity index (χ4n) is 8.34. The lowest BCUT2D eigenvalue weighted by atomic mass is 9.61. The van der Waals surface area contributed by atoms with Gasteiger partial charge in [-0.2, -0.15) is 0 Å². The number of aromatic nitrogens is 1. The summed E-state index contributed by atoms with van der Waals surface area (Å²) in [6.45, 7) is 11.9. The van der Waals surface area contributed by atoms with Gasteiger partial charge >= 0.3 is 0 Å². The molecule has 4 aliphatic carbocycles. The van der Waals surface area contributed by atoms with E-state index in [2.05, 4.69) is 24.1 Å². The van der Waals surface area contributed by atoms with Crippen molar-refractivity contribution in [2.45, 2.75) is 97.3 Å². The molecule has 2 bridgehead atoms. The smallest absolute Gasteiger partial charge is 0.265 e. The fraction of sp³-hybridized carbons (Fsp3) is 0.812. The van der Waals surface area contributed by atoms with Gasteiger partial charge in [0.1, 0.15) is 4.88 Å². The average Bonchev–Trinajstić information content (AvgIpc) is 3.32. The number of amides is 3. The van der Waals surface area contributed by atoms with Crippen LogP contribution in [0.25, 0.3) is 0 Å². The maximum absolute atomic E-state index is 14.1. The molecule has 0 radical (unpaired) electrons. The number of rotatable bonds is 9. The molecule has 2 saturated heterocycles. The molecule has 9 nitrogen and oxygen atoms in total. The van der Waals surface area contributed by atoms with E-state index >= 15 is 0 Å². The van der Waals surface area contributed by atoms with Crippen molar-refractivity contribution >= 4 is 29.1 Å². The van der Waals surface area contributed by atoms with E-state index in [-0.39, 0.29) is 47.1 Å². The third kappa shape index (κ3) is 5.52. The van der Waals surface area contributed by atoms with Crippen molar-refractivity contribution in [1.82, 2.24) is 20.1 Å². The first-order valence-corrected chi connectivity index (χ1v) is 16.7. The van der Waals surface area contributed by atoms with Gasteiger partial charge in [-0.15, -0.1) is 11.3 Å². The number of nitrogens with one attached hydrogen (secondary N) is 1. The summed E-state index contributed by atoms with van der Waals surface area (Å²) >= 11 is 1.29. The van der Waals surface area contributed by atoms with Crippen molar-refractivity contribution in [2.24, 2.45) is 34.0 Å². The minimum atomic E-state index is -1.21. The molecule has 1 spiro atoms. The summed E-state index contributed by atoms with van der Waals surface area (Å²) in [7, 11) is 0. The molecule has 2 aliphatic heterocycles. The van der Waals surface area contributed by atoms with E-state index in [9.17, 15) is 19.5 Å². The molecule has 3 heterocycles. The number of fused-ring (bicyclic) bond motifs is 3. The van der Waals surface area contributed by atoms with Gasteiger partial charge in [-0.25, -0.2) is 0 Å². The number of carbonyl (C=O) groups is 3. The van der Waals surface area contributed by atoms with Crippen LogP contribution in [-0.4, -0.2) is 88.1 Å². The Morgan fingerprint density at radius 2 is 1.74 bits per heavy atom. The molecule has 0 aromatic carbocycles. The molecule has 6 fully saturated rings. The summed E-state index contributed by atoms with van der Waals surface area (Å²) in [6.07, 6.45) is 9.52. The van der Waals surface area contributed by atoms with Gasteiger partial charge in [-0.05, 0) is 82.5 Å². The van der Waals surface area contributed by atoms with E-state index < -0.39 is 23.0 Å². The topological polar surface area (TPSA) is 112 Å². The van der Waals surface area contributed by atoms with Crippen LogP contribution in [0.4, 0.5) is 0 Å². The van der Waals surface area contributed by atoms with E-state index in [1.165, 1.54) is 49.9 Å². The van der Waals surface area contributed by atoms with Gasteiger partial charge in [0.25, 0.3) is 5.91 Å². The van der Waals surface area contributed by atoms with E-state index in [4.69, 9.17) is 4.74 Å². The minimum Gasteiger partial charge on any atom is -0.388 e. The number of ether oxygens (including phenoxy) is 1. The number of hydrogen-bond donors (Lipinski definition) is 2. The molecule has 0 unspecified atom stereocenters. The molecule has 10 heteroatoms. The molecule has 4 saturated carbocycles. The van der Waals surface area contributed by atoms with Gasteiger partial charge in [0.15, 0.2) is 0 Å². The fourth-order valence-corrected chi connectivity index (χ4v) is 8.93. The van der Waals surface area contributed by atoms with Gasteiger partial charge in [0, 0.05) is 37.5 Å². The zero-order chi connectivity index (χ0) is 30.1. The Balaban J connectivity index is 1.16. The van der Waals surface area contributed by atoms with Gasteiger partial charge in [0.2, 0.25) is 11.8 Å². The van der Waals surface area contributed by atoms with E-state index in [0.717, 1.165) is 12.3 Å². The molecular formula is C32H48N4O5S. The quantitative estimate of drug-likeness (QED) is 0.447. The van der Waals surface area contributed by atoms with Crippen LogP contribution in [0.2, 0.25) is 0 Å². The van der Waals surface area contributed by atoms with Gasteiger partial charge in [-0.3, -0.25) is 19.4 Å². The highest BCUT2D eigenvalue weighted by molar-refractivity contribution is 7.11. The summed E-state index contributed by atoms with van der Waals surface area (Å²) in [6, 6.07) is -0.616. The minimum absolute atomic E-state index is 0.0348. The second-order valence-corrected chi connectivity index (χ2v) is 16.4. The first-order chi connectivity index (χ1) is 19.7. The highest BCUT2D eigenvalue weighted by Crippen LogP contribution is 2.55. The standard InChI is InChI=1S/C32H48N4O5S/c1-20(41-18-31-9-6-21(7-10-31)8-11-31)25(30(4,5)40)34-26(37)23-14-35(28(39)24-13-33-19-42-24)15-32(23)16-36(17-32)27(38)22-12-29(22,2)3/h13,19-23,25,40H,6-12,14-18H2,1-5H3,(H,34,37)/t20-,21?,22-,23+,25+,31?/m1/s1. The molecule has 1 aromatic heterocycles. The van der Waals surface area contributed by atoms with Crippen molar-refractivity contribution in [3.05, 3.63) is 16.6 Å². The third-order valence-electron chi connectivity index (χ3n) is 11.5. The van der Waals surface area contributed by atoms with Crippen LogP contribution in [0.5, 0.6) is 0 Å². The number of likely N-dealkylation sites (tertiary alicyclic amines) is 2. The molecule has 1 aromatic rings. The molecule has 4 atom stereocenters. The van der Waals surface area contributed by atoms with E-state index in [0.29, 0.717) is 31.1 Å². The Labute approximate surface area is 253 Å². The van der Waals surface area contributed by atoms with Crippen LogP contribution in [0.15, 0.2) is 11.7 Å². The second kappa shape index (κ2) is 10.5. The van der Waals surface area contributed by atoms with E-state index in [1.807, 2.05) is 11.8 Å². The second-order valence-electron chi connectivity index (χ2n) is 15.5. The highest BCUT2D eigenvalue weighted by Gasteiger charge is 2.62. The van der Waals surface area contributed by atoms with Crippen LogP contribution < -0.4 is 5.32 Å². The van der Waals surface area contributed by atoms with Crippen LogP contribution in [-0.2, 0) is 14.3 Å². The summed E-state index contributed by atoms with van der Waals surface area (Å²) < 4.78 is 6.46. The monoisotopic (exact) mass is 600 g/mol. The molecule has 42 heavy (non-hydrogen) atoms. The maximum atomic E-state index is 14.1. The van der Waals surface area contributed by atoms with Crippen molar-refractivity contribution in [1.29, 1.82) is 0 Å². The molecule has 232 valence electrons. The molecule has 7 rings (SSSR count). The van der Waals surface area contributed by atoms with Gasteiger partial charge < -0.3 is 25.0 Å². The number of hydrogen-bond acceptors (Lipinski definition) is 7. The lowest BCUT2D eigenvalue weighted by Gasteiger charge is -2.51. The summed E-state index contributed by atoms with van der Waals surface area (Å²) in [5.41, 5.74) is 0.181. The van der Waals surface area contributed by atoms with Crippen LogP contribution >= 0.6 is 11.3 Å². The van der Waals surface area contributed by atoms with Crippen molar-refractivity contribution in [2.75, 3.05) is 32.8 Å². The normalized spacial score (nSPS) is 32.4. The summed E-state index contributed by atoms with van der Waals surface area (Å²) in [5, 5.41) is 14.4. The van der Waals surface area contributed by atoms with Crippen LogP contribution in [0.1, 0.15) is 89.2 Å². The van der Waals surface area contributed by atoms with Crippen molar-refractivity contribution < 1.29 is 24.2 Å². The predicted molar refractivity (Wildman–Crippen MR) is 160 cm³/mol. The van der Waals surface area contributed by atoms with Crippen LogP contribution in [0, 0.1) is 34.0 Å². The maximum Gasteiger partial charge on any atom is 0.265 e. The summed E-state index contributed by atoms with van der Waals surface area (Å²) in [5.74, 6) is 0.265. The Bertz CT molecular complexity index is 1180. The lowest BCUT2D eigenvalue weighted by molar-refractivity contribution is -0.153. The zero-order valence-corrected chi connectivity index (χ0v) is 26.7. The largest absolute Gasteiger partial charge is 0.388 e. The predicted octanol–water partition coefficient (Wildman–Crippen LogP) is 3.72. The Morgan fingerprint density at radius 3 is 2.29 bits per heavy atom. The van der Waals surface area contributed by atoms with E-state index in [1.54, 1.807) is 30.5 Å². The first-order valence-electron chi connectivity index (χ1n) is 15.8. The van der Waals surface area contributed by atoms with Gasteiger partial charge in [-0.1, -0.05) is 13.8 Å². The van der Waals surface area contributed by atoms with Crippen molar-refractivity contribution in [3.8, 4) is 0 Å². The van der Waals surface area contributed by atoms with Crippen LogP contribution in [0.3, 0.4) is 0 Å².